The van der Waals surface area contributed by atoms with E-state index in [-0.39, 0.29) is 12.4 Å². The summed E-state index contributed by atoms with van der Waals surface area (Å²) < 4.78 is 22.9. The van der Waals surface area contributed by atoms with Crippen LogP contribution in [0.3, 0.4) is 0 Å². The van der Waals surface area contributed by atoms with Crippen LogP contribution in [0.4, 0.5) is 4.39 Å². The van der Waals surface area contributed by atoms with Crippen molar-refractivity contribution in [1.82, 2.24) is 5.32 Å². The molecular weight excluding hydrogens is 325 g/mol. The maximum absolute atomic E-state index is 12.8. The van der Waals surface area contributed by atoms with Crippen molar-refractivity contribution >= 4 is 11.9 Å². The molecule has 1 amide bonds. The van der Waals surface area contributed by atoms with Crippen LogP contribution in [-0.4, -0.2) is 32.1 Å². The third kappa shape index (κ3) is 5.60. The molecule has 25 heavy (non-hydrogen) atoms. The van der Waals surface area contributed by atoms with Gasteiger partial charge in [0.15, 0.2) is 6.61 Å². The lowest BCUT2D eigenvalue weighted by atomic mass is 10.1. The van der Waals surface area contributed by atoms with Crippen LogP contribution < -0.4 is 10.1 Å². The van der Waals surface area contributed by atoms with E-state index in [4.69, 9.17) is 9.47 Å². The summed E-state index contributed by atoms with van der Waals surface area (Å²) >= 11 is 0. The lowest BCUT2D eigenvalue weighted by Crippen LogP contribution is -2.30. The SMILES string of the molecule is COc1cc(C(=O)OCC(=O)NCCc2ccc(F)cc2)ccc1C. The number of halogens is 1. The maximum Gasteiger partial charge on any atom is 0.338 e. The summed E-state index contributed by atoms with van der Waals surface area (Å²) in [5.74, 6) is -0.702. The molecule has 0 aliphatic carbocycles. The van der Waals surface area contributed by atoms with Gasteiger partial charge in [-0.05, 0) is 48.7 Å². The van der Waals surface area contributed by atoms with Crippen LogP contribution in [0, 0.1) is 12.7 Å². The number of nitrogens with one attached hydrogen (secondary N) is 1. The maximum atomic E-state index is 12.8. The molecule has 2 aromatic carbocycles. The summed E-state index contributed by atoms with van der Waals surface area (Å²) in [6, 6.07) is 11.0. The van der Waals surface area contributed by atoms with E-state index in [2.05, 4.69) is 5.32 Å². The molecule has 0 aromatic heterocycles. The highest BCUT2D eigenvalue weighted by molar-refractivity contribution is 5.91. The van der Waals surface area contributed by atoms with Gasteiger partial charge >= 0.3 is 5.97 Å². The van der Waals surface area contributed by atoms with Crippen molar-refractivity contribution in [3.05, 3.63) is 65.0 Å². The topological polar surface area (TPSA) is 64.6 Å². The minimum Gasteiger partial charge on any atom is -0.496 e. The number of hydrogen-bond donors (Lipinski definition) is 1. The molecular formula is C19H20FNO4. The Morgan fingerprint density at radius 1 is 1.12 bits per heavy atom. The molecule has 0 heterocycles. The zero-order valence-corrected chi connectivity index (χ0v) is 14.2. The number of rotatable bonds is 7. The Balaban J connectivity index is 1.75. The van der Waals surface area contributed by atoms with Gasteiger partial charge in [0.2, 0.25) is 0 Å². The van der Waals surface area contributed by atoms with Crippen molar-refractivity contribution in [3.63, 3.8) is 0 Å². The summed E-state index contributed by atoms with van der Waals surface area (Å²) in [6.45, 7) is 1.88. The monoisotopic (exact) mass is 345 g/mol. The van der Waals surface area contributed by atoms with Gasteiger partial charge in [-0.25, -0.2) is 9.18 Å². The second-order valence-electron chi connectivity index (χ2n) is 5.49. The van der Waals surface area contributed by atoms with Crippen molar-refractivity contribution in [1.29, 1.82) is 0 Å². The number of benzene rings is 2. The summed E-state index contributed by atoms with van der Waals surface area (Å²) in [6.07, 6.45) is 0.565. The molecule has 1 N–H and O–H groups in total. The third-order valence-corrected chi connectivity index (χ3v) is 3.63. The van der Waals surface area contributed by atoms with Crippen molar-refractivity contribution in [3.8, 4) is 5.75 Å². The summed E-state index contributed by atoms with van der Waals surface area (Å²) in [7, 11) is 1.52. The lowest BCUT2D eigenvalue weighted by molar-refractivity contribution is -0.124. The molecule has 0 spiro atoms. The first kappa shape index (κ1) is 18.4. The lowest BCUT2D eigenvalue weighted by Gasteiger charge is -2.09. The summed E-state index contributed by atoms with van der Waals surface area (Å²) in [5.41, 5.74) is 2.13. The van der Waals surface area contributed by atoms with Gasteiger partial charge in [-0.15, -0.1) is 0 Å². The number of hydrogen-bond acceptors (Lipinski definition) is 4. The largest absolute Gasteiger partial charge is 0.496 e. The predicted octanol–water partition coefficient (Wildman–Crippen LogP) is 2.66. The summed E-state index contributed by atoms with van der Waals surface area (Å²) in [4.78, 5) is 23.7. The van der Waals surface area contributed by atoms with Crippen LogP contribution in [0.1, 0.15) is 21.5 Å². The van der Waals surface area contributed by atoms with Gasteiger partial charge in [-0.1, -0.05) is 18.2 Å². The van der Waals surface area contributed by atoms with Gasteiger partial charge in [0.1, 0.15) is 11.6 Å². The quantitative estimate of drug-likeness (QED) is 0.784. The van der Waals surface area contributed by atoms with E-state index in [0.717, 1.165) is 11.1 Å². The van der Waals surface area contributed by atoms with Crippen LogP contribution in [-0.2, 0) is 16.0 Å². The van der Waals surface area contributed by atoms with Gasteiger partial charge in [-0.3, -0.25) is 4.79 Å². The fraction of sp³-hybridized carbons (Fsp3) is 0.263. The zero-order valence-electron chi connectivity index (χ0n) is 14.2. The molecule has 0 atom stereocenters. The van der Waals surface area contributed by atoms with E-state index in [1.165, 1.54) is 19.2 Å². The Morgan fingerprint density at radius 3 is 2.52 bits per heavy atom. The normalized spacial score (nSPS) is 10.2. The average molecular weight is 345 g/mol. The molecule has 0 radical (unpaired) electrons. The predicted molar refractivity (Wildman–Crippen MR) is 91.1 cm³/mol. The van der Waals surface area contributed by atoms with E-state index in [1.54, 1.807) is 30.3 Å². The molecule has 0 fully saturated rings. The van der Waals surface area contributed by atoms with Crippen LogP contribution in [0.15, 0.2) is 42.5 Å². The minimum absolute atomic E-state index is 0.299. The molecule has 0 aliphatic heterocycles. The molecule has 6 heteroatoms. The Morgan fingerprint density at radius 2 is 1.84 bits per heavy atom. The number of ether oxygens (including phenoxy) is 2. The Bertz CT molecular complexity index is 744. The molecule has 0 aliphatic rings. The number of amides is 1. The Kier molecular flexibility index (Phi) is 6.51. The first-order chi connectivity index (χ1) is 12.0. The van der Waals surface area contributed by atoms with E-state index in [0.29, 0.717) is 24.3 Å². The second-order valence-corrected chi connectivity index (χ2v) is 5.49. The van der Waals surface area contributed by atoms with Crippen molar-refractivity contribution in [2.24, 2.45) is 0 Å². The van der Waals surface area contributed by atoms with Crippen LogP contribution in [0.25, 0.3) is 0 Å². The zero-order chi connectivity index (χ0) is 18.2. The number of carbonyl (C=O) groups excluding carboxylic acids is 2. The fourth-order valence-corrected chi connectivity index (χ4v) is 2.21. The van der Waals surface area contributed by atoms with E-state index < -0.39 is 11.9 Å². The van der Waals surface area contributed by atoms with E-state index in [9.17, 15) is 14.0 Å². The second kappa shape index (κ2) is 8.82. The van der Waals surface area contributed by atoms with Crippen LogP contribution in [0.2, 0.25) is 0 Å². The van der Waals surface area contributed by atoms with Crippen molar-refractivity contribution in [2.75, 3.05) is 20.3 Å². The Labute approximate surface area is 145 Å². The number of methoxy groups -OCH3 is 1. The number of esters is 1. The first-order valence-corrected chi connectivity index (χ1v) is 7.82. The number of carbonyl (C=O) groups is 2. The molecule has 0 saturated heterocycles. The highest BCUT2D eigenvalue weighted by atomic mass is 19.1. The van der Waals surface area contributed by atoms with Gasteiger partial charge in [-0.2, -0.15) is 0 Å². The van der Waals surface area contributed by atoms with Gasteiger partial charge in [0, 0.05) is 6.54 Å². The fourth-order valence-electron chi connectivity index (χ4n) is 2.21. The Hall–Kier alpha value is -2.89. The van der Waals surface area contributed by atoms with Crippen LogP contribution in [0.5, 0.6) is 5.75 Å². The number of aryl methyl sites for hydroxylation is 1. The van der Waals surface area contributed by atoms with E-state index >= 15 is 0 Å². The smallest absolute Gasteiger partial charge is 0.338 e. The molecule has 2 aromatic rings. The highest BCUT2D eigenvalue weighted by Crippen LogP contribution is 2.19. The average Bonchev–Trinajstić information content (AvgIpc) is 2.61. The molecule has 132 valence electrons. The van der Waals surface area contributed by atoms with Crippen LogP contribution >= 0.6 is 0 Å². The molecule has 0 unspecified atom stereocenters. The molecule has 0 saturated carbocycles. The minimum atomic E-state index is -0.591. The van der Waals surface area contributed by atoms with E-state index in [1.807, 2.05) is 6.92 Å². The van der Waals surface area contributed by atoms with Gasteiger partial charge in [0.05, 0.1) is 12.7 Å². The first-order valence-electron chi connectivity index (χ1n) is 7.82. The molecule has 0 bridgehead atoms. The van der Waals surface area contributed by atoms with Gasteiger partial charge < -0.3 is 14.8 Å². The summed E-state index contributed by atoms with van der Waals surface area (Å²) in [5, 5.41) is 2.65. The van der Waals surface area contributed by atoms with Crippen molar-refractivity contribution in [2.45, 2.75) is 13.3 Å². The third-order valence-electron chi connectivity index (χ3n) is 3.63. The van der Waals surface area contributed by atoms with Gasteiger partial charge in [0.25, 0.3) is 5.91 Å². The standard InChI is InChI=1S/C19H20FNO4/c1-13-3-6-15(11-17(13)24-2)19(23)25-12-18(22)21-10-9-14-4-7-16(20)8-5-14/h3-8,11H,9-10,12H2,1-2H3,(H,21,22). The van der Waals surface area contributed by atoms with Crippen molar-refractivity contribution < 1.29 is 23.5 Å². The molecule has 2 rings (SSSR count). The highest BCUT2D eigenvalue weighted by Gasteiger charge is 2.12. The molecule has 5 nitrogen and oxygen atoms in total.